The molecule has 0 unspecified atom stereocenters. The summed E-state index contributed by atoms with van der Waals surface area (Å²) in [4.78, 5) is 36.7. The first kappa shape index (κ1) is 17.5. The largest absolute Gasteiger partial charge is 0.548 e. The van der Waals surface area contributed by atoms with Crippen LogP contribution in [-0.4, -0.2) is 34.9 Å². The summed E-state index contributed by atoms with van der Waals surface area (Å²) >= 11 is 0. The van der Waals surface area contributed by atoms with E-state index >= 15 is 0 Å². The van der Waals surface area contributed by atoms with E-state index in [0.717, 1.165) is 16.5 Å². The molecular formula is C16H18N3O5-. The van der Waals surface area contributed by atoms with E-state index in [-0.39, 0.29) is 19.3 Å². The topological polar surface area (TPSA) is 153 Å². The summed E-state index contributed by atoms with van der Waals surface area (Å²) in [6, 6.07) is 5.17. The summed E-state index contributed by atoms with van der Waals surface area (Å²) in [6.45, 7) is 0. The van der Waals surface area contributed by atoms with Gasteiger partial charge in [-0.05, 0) is 11.6 Å². The number of aromatic nitrogens is 1. The number of benzene rings is 1. The molecule has 1 aromatic carbocycles. The Kier molecular flexibility index (Phi) is 5.54. The number of rotatable bonds is 8. The number of carboxylic acids is 2. The summed E-state index contributed by atoms with van der Waals surface area (Å²) in [5.74, 6) is -3.32. The SMILES string of the molecule is [NH3+][C@H](CCC(=O)N[C@@H](Cc1c[nH]c2ccccc12)C(=O)[O-])C(=O)[O-]. The van der Waals surface area contributed by atoms with Crippen molar-refractivity contribution < 1.29 is 30.3 Å². The molecule has 0 radical (unpaired) electrons. The molecule has 0 saturated carbocycles. The van der Waals surface area contributed by atoms with Crippen LogP contribution in [0.5, 0.6) is 0 Å². The number of quaternary nitrogens is 1. The first-order valence-corrected chi connectivity index (χ1v) is 7.47. The fraction of sp³-hybridized carbons (Fsp3) is 0.312. The number of amides is 1. The van der Waals surface area contributed by atoms with E-state index in [4.69, 9.17) is 0 Å². The van der Waals surface area contributed by atoms with Crippen molar-refractivity contribution in [3.05, 3.63) is 36.0 Å². The number of para-hydroxylation sites is 1. The Morgan fingerprint density at radius 3 is 2.54 bits per heavy atom. The van der Waals surface area contributed by atoms with Gasteiger partial charge in [-0.25, -0.2) is 0 Å². The van der Waals surface area contributed by atoms with Gasteiger partial charge < -0.3 is 35.8 Å². The molecule has 24 heavy (non-hydrogen) atoms. The number of aliphatic carboxylic acids is 2. The van der Waals surface area contributed by atoms with Crippen molar-refractivity contribution in [2.75, 3.05) is 0 Å². The highest BCUT2D eigenvalue weighted by molar-refractivity contribution is 5.86. The average molecular weight is 332 g/mol. The first-order valence-electron chi connectivity index (χ1n) is 7.47. The molecule has 0 aliphatic rings. The summed E-state index contributed by atoms with van der Waals surface area (Å²) in [5, 5.41) is 25.1. The first-order chi connectivity index (χ1) is 11.4. The number of fused-ring (bicyclic) bond motifs is 1. The van der Waals surface area contributed by atoms with E-state index in [1.807, 2.05) is 24.3 Å². The predicted molar refractivity (Wildman–Crippen MR) is 79.9 cm³/mol. The highest BCUT2D eigenvalue weighted by Crippen LogP contribution is 2.19. The number of carbonyl (C=O) groups excluding carboxylic acids is 3. The van der Waals surface area contributed by atoms with Crippen LogP contribution in [0.1, 0.15) is 18.4 Å². The molecule has 0 aliphatic carbocycles. The molecule has 5 N–H and O–H groups in total. The summed E-state index contributed by atoms with van der Waals surface area (Å²) in [5.41, 5.74) is 4.95. The molecule has 8 heteroatoms. The van der Waals surface area contributed by atoms with E-state index in [2.05, 4.69) is 16.0 Å². The molecule has 0 aliphatic heterocycles. The van der Waals surface area contributed by atoms with Crippen LogP contribution in [-0.2, 0) is 20.8 Å². The van der Waals surface area contributed by atoms with Gasteiger partial charge in [-0.3, -0.25) is 4.79 Å². The van der Waals surface area contributed by atoms with Crippen LogP contribution in [0.4, 0.5) is 0 Å². The van der Waals surface area contributed by atoms with Gasteiger partial charge in [0.05, 0.1) is 18.0 Å². The lowest BCUT2D eigenvalue weighted by Gasteiger charge is -2.20. The number of hydrogen-bond acceptors (Lipinski definition) is 5. The number of aromatic amines is 1. The van der Waals surface area contributed by atoms with Crippen LogP contribution in [0.15, 0.2) is 30.5 Å². The van der Waals surface area contributed by atoms with Crippen molar-refractivity contribution in [2.24, 2.45) is 0 Å². The summed E-state index contributed by atoms with van der Waals surface area (Å²) < 4.78 is 0. The minimum absolute atomic E-state index is 0.0268. The number of carboxylic acid groups (broad SMARTS) is 2. The minimum atomic E-state index is -1.40. The van der Waals surface area contributed by atoms with Gasteiger partial charge in [-0.2, -0.15) is 0 Å². The normalized spacial score (nSPS) is 13.4. The molecular weight excluding hydrogens is 314 g/mol. The highest BCUT2D eigenvalue weighted by atomic mass is 16.4. The average Bonchev–Trinajstić information content (AvgIpc) is 2.95. The second-order valence-corrected chi connectivity index (χ2v) is 5.56. The predicted octanol–water partition coefficient (Wildman–Crippen LogP) is -2.91. The van der Waals surface area contributed by atoms with E-state index in [1.54, 1.807) is 6.20 Å². The van der Waals surface area contributed by atoms with Gasteiger partial charge in [-0.15, -0.1) is 0 Å². The van der Waals surface area contributed by atoms with Gasteiger partial charge >= 0.3 is 0 Å². The van der Waals surface area contributed by atoms with Crippen LogP contribution in [0.3, 0.4) is 0 Å². The zero-order chi connectivity index (χ0) is 17.7. The highest BCUT2D eigenvalue weighted by Gasteiger charge is 2.18. The smallest absolute Gasteiger partial charge is 0.220 e. The van der Waals surface area contributed by atoms with E-state index in [1.165, 1.54) is 0 Å². The van der Waals surface area contributed by atoms with Gasteiger partial charge in [0.15, 0.2) is 0 Å². The molecule has 0 fully saturated rings. The van der Waals surface area contributed by atoms with E-state index < -0.39 is 29.9 Å². The van der Waals surface area contributed by atoms with Crippen molar-refractivity contribution >= 4 is 28.7 Å². The number of carbonyl (C=O) groups is 3. The van der Waals surface area contributed by atoms with Crippen LogP contribution < -0.4 is 21.3 Å². The van der Waals surface area contributed by atoms with Crippen molar-refractivity contribution in [1.82, 2.24) is 10.3 Å². The monoisotopic (exact) mass is 332 g/mol. The third-order valence-corrected chi connectivity index (χ3v) is 3.77. The summed E-state index contributed by atoms with van der Waals surface area (Å²) in [7, 11) is 0. The number of hydrogen-bond donors (Lipinski definition) is 3. The lowest BCUT2D eigenvalue weighted by molar-refractivity contribution is -0.438. The number of nitrogens with one attached hydrogen (secondary N) is 2. The Hall–Kier alpha value is -2.87. The van der Waals surface area contributed by atoms with Crippen molar-refractivity contribution in [1.29, 1.82) is 0 Å². The fourth-order valence-electron chi connectivity index (χ4n) is 2.40. The molecule has 0 spiro atoms. The number of H-pyrrole nitrogens is 1. The molecule has 8 nitrogen and oxygen atoms in total. The zero-order valence-electron chi connectivity index (χ0n) is 12.9. The Balaban J connectivity index is 2.01. The minimum Gasteiger partial charge on any atom is -0.548 e. The molecule has 2 rings (SSSR count). The standard InChI is InChI=1S/C16H19N3O5/c17-11(15(21)22)5-6-14(20)19-13(16(23)24)7-9-8-18-12-4-2-1-3-10(9)12/h1-4,8,11,13,18H,5-7,17H2,(H,19,20)(H,21,22)(H,23,24)/p-1/t11-,13+/m1/s1. The third-order valence-electron chi connectivity index (χ3n) is 3.77. The van der Waals surface area contributed by atoms with Crippen molar-refractivity contribution in [2.45, 2.75) is 31.3 Å². The van der Waals surface area contributed by atoms with Gasteiger partial charge in [0, 0.05) is 36.4 Å². The second kappa shape index (κ2) is 7.60. The maximum absolute atomic E-state index is 11.8. The van der Waals surface area contributed by atoms with Crippen LogP contribution in [0.2, 0.25) is 0 Å². The Morgan fingerprint density at radius 1 is 1.17 bits per heavy atom. The fourth-order valence-corrected chi connectivity index (χ4v) is 2.40. The third kappa shape index (κ3) is 4.32. The Bertz CT molecular complexity index is 755. The van der Waals surface area contributed by atoms with Crippen LogP contribution in [0, 0.1) is 0 Å². The van der Waals surface area contributed by atoms with Gasteiger partial charge in [-0.1, -0.05) is 18.2 Å². The van der Waals surface area contributed by atoms with Gasteiger partial charge in [0.25, 0.3) is 0 Å². The molecule has 2 atom stereocenters. The lowest BCUT2D eigenvalue weighted by atomic mass is 10.0. The van der Waals surface area contributed by atoms with Gasteiger partial charge in [0.1, 0.15) is 6.04 Å². The zero-order valence-corrected chi connectivity index (χ0v) is 12.9. The molecule has 0 bridgehead atoms. The van der Waals surface area contributed by atoms with Gasteiger partial charge in [0.2, 0.25) is 5.91 Å². The van der Waals surface area contributed by atoms with E-state index in [9.17, 15) is 24.6 Å². The quantitative estimate of drug-likeness (QED) is 0.473. The van der Waals surface area contributed by atoms with Crippen molar-refractivity contribution in [3.8, 4) is 0 Å². The van der Waals surface area contributed by atoms with Crippen LogP contribution >= 0.6 is 0 Å². The van der Waals surface area contributed by atoms with E-state index in [0.29, 0.717) is 0 Å². The maximum atomic E-state index is 11.8. The second-order valence-electron chi connectivity index (χ2n) is 5.56. The molecule has 1 heterocycles. The molecule has 0 saturated heterocycles. The molecule has 2 aromatic rings. The van der Waals surface area contributed by atoms with Crippen LogP contribution in [0.25, 0.3) is 10.9 Å². The molecule has 1 amide bonds. The Morgan fingerprint density at radius 2 is 1.88 bits per heavy atom. The molecule has 1 aromatic heterocycles. The summed E-state index contributed by atoms with van der Waals surface area (Å²) in [6.07, 6.45) is 1.57. The lowest BCUT2D eigenvalue weighted by Crippen LogP contribution is -2.68. The molecule has 128 valence electrons. The maximum Gasteiger partial charge on any atom is 0.220 e. The van der Waals surface area contributed by atoms with Crippen molar-refractivity contribution in [3.63, 3.8) is 0 Å². The Labute approximate surface area is 137 Å².